The summed E-state index contributed by atoms with van der Waals surface area (Å²) in [4.78, 5) is 46.7. The Balaban J connectivity index is 1.57. The molecule has 0 saturated carbocycles. The Morgan fingerprint density at radius 1 is 1.07 bits per heavy atom. The second kappa shape index (κ2) is 13.0. The van der Waals surface area contributed by atoms with Gasteiger partial charge in [0.05, 0.1) is 36.4 Å². The maximum absolute atomic E-state index is 14.2. The molecule has 0 radical (unpaired) electrons. The average Bonchev–Trinajstić information content (AvgIpc) is 2.97. The smallest absolute Gasteiger partial charge is 0.254 e. The number of amides is 2. The van der Waals surface area contributed by atoms with Gasteiger partial charge in [-0.3, -0.25) is 14.3 Å². The molecule has 10 nitrogen and oxygen atoms in total. The zero-order chi connectivity index (χ0) is 31.4. The fourth-order valence-corrected chi connectivity index (χ4v) is 5.86. The summed E-state index contributed by atoms with van der Waals surface area (Å²) in [5.74, 6) is 0.906. The Morgan fingerprint density at radius 3 is 2.45 bits per heavy atom. The minimum atomic E-state index is -0.340. The first kappa shape index (κ1) is 30.9. The summed E-state index contributed by atoms with van der Waals surface area (Å²) in [6, 6.07) is 15.1. The van der Waals surface area contributed by atoms with Crippen LogP contribution >= 0.6 is 11.9 Å². The van der Waals surface area contributed by atoms with Gasteiger partial charge in [0.15, 0.2) is 0 Å². The lowest BCUT2D eigenvalue weighted by molar-refractivity contribution is -0.114. The molecule has 0 aliphatic carbocycles. The SMILES string of the molecule is CC(=O)Nc1cnc(CN2C(=O)c3cccc(c3)SNc3nc(cc(-c4c(C)cccc4C)n3)OC[C@H]2CC(C)(C)C)nc1. The highest BCUT2D eigenvalue weighted by Gasteiger charge is 2.31. The van der Waals surface area contributed by atoms with E-state index in [-0.39, 0.29) is 36.4 Å². The Labute approximate surface area is 262 Å². The molecule has 2 amide bonds. The summed E-state index contributed by atoms with van der Waals surface area (Å²) in [6.45, 7) is 12.3. The normalized spacial score (nSPS) is 15.3. The molecule has 1 atom stereocenters. The van der Waals surface area contributed by atoms with Gasteiger partial charge >= 0.3 is 0 Å². The lowest BCUT2D eigenvalue weighted by Gasteiger charge is -2.35. The summed E-state index contributed by atoms with van der Waals surface area (Å²) in [7, 11) is 0. The van der Waals surface area contributed by atoms with Crippen LogP contribution in [0.15, 0.2) is 65.8 Å². The lowest BCUT2D eigenvalue weighted by Crippen LogP contribution is -2.45. The van der Waals surface area contributed by atoms with Crippen molar-refractivity contribution < 1.29 is 14.3 Å². The molecule has 0 saturated heterocycles. The van der Waals surface area contributed by atoms with Crippen LogP contribution in [0.25, 0.3) is 11.3 Å². The van der Waals surface area contributed by atoms with E-state index in [1.165, 1.54) is 18.9 Å². The second-order valence-corrected chi connectivity index (χ2v) is 13.0. The molecule has 2 N–H and O–H groups in total. The van der Waals surface area contributed by atoms with Gasteiger partial charge in [-0.2, -0.15) is 4.98 Å². The number of anilines is 2. The zero-order valence-electron chi connectivity index (χ0n) is 25.8. The Kier molecular flexibility index (Phi) is 9.14. The molecular formula is C33H37N7O3S. The van der Waals surface area contributed by atoms with Crippen molar-refractivity contribution in [3.8, 4) is 17.1 Å². The van der Waals surface area contributed by atoms with E-state index in [0.29, 0.717) is 35.3 Å². The molecule has 2 aromatic heterocycles. The van der Waals surface area contributed by atoms with Crippen molar-refractivity contribution in [2.75, 3.05) is 16.6 Å². The van der Waals surface area contributed by atoms with E-state index in [1.807, 2.05) is 36.4 Å². The van der Waals surface area contributed by atoms with Crippen LogP contribution in [0.3, 0.4) is 0 Å². The van der Waals surface area contributed by atoms with Crippen LogP contribution in [-0.4, -0.2) is 49.3 Å². The maximum Gasteiger partial charge on any atom is 0.254 e. The molecule has 228 valence electrons. The molecule has 44 heavy (non-hydrogen) atoms. The lowest BCUT2D eigenvalue weighted by atomic mass is 9.87. The number of benzene rings is 2. The number of aromatic nitrogens is 4. The van der Waals surface area contributed by atoms with Gasteiger partial charge in [-0.15, -0.1) is 0 Å². The van der Waals surface area contributed by atoms with Crippen LogP contribution in [0.1, 0.15) is 61.4 Å². The van der Waals surface area contributed by atoms with Crippen LogP contribution in [-0.2, 0) is 11.3 Å². The van der Waals surface area contributed by atoms with Crippen molar-refractivity contribution in [3.05, 3.63) is 83.4 Å². The fourth-order valence-electron chi connectivity index (χ4n) is 5.22. The first-order chi connectivity index (χ1) is 20.9. The second-order valence-electron chi connectivity index (χ2n) is 12.1. The third kappa shape index (κ3) is 7.71. The number of fused-ring (bicyclic) bond motifs is 4. The number of hydrogen-bond acceptors (Lipinski definition) is 9. The Morgan fingerprint density at radius 2 is 1.77 bits per heavy atom. The molecule has 0 unspecified atom stereocenters. The standard InChI is InChI=1S/C33H37N7O3S/c1-20-9-7-10-21(2)30(20)27-14-29-38-32(37-27)39-44-26-12-8-11-23(13-26)31(42)40(25(19-43-29)15-33(4,5)6)18-28-34-16-24(17-35-28)36-22(3)41/h7-14,16-17,25H,15,18-19H2,1-6H3,(H,36,41)(H,37,38,39)/t25-/m1/s1. The number of hydrogen-bond donors (Lipinski definition) is 2. The molecule has 3 heterocycles. The molecular weight excluding hydrogens is 574 g/mol. The summed E-state index contributed by atoms with van der Waals surface area (Å²) in [6.07, 6.45) is 3.74. The third-order valence-electron chi connectivity index (χ3n) is 7.09. The van der Waals surface area contributed by atoms with Crippen molar-refractivity contribution in [3.63, 3.8) is 0 Å². The van der Waals surface area contributed by atoms with Gasteiger partial charge in [0.1, 0.15) is 12.4 Å². The van der Waals surface area contributed by atoms with Crippen LogP contribution in [0.2, 0.25) is 0 Å². The number of ether oxygens (including phenoxy) is 1. The van der Waals surface area contributed by atoms with Gasteiger partial charge in [0, 0.05) is 29.0 Å². The molecule has 0 spiro atoms. The molecule has 0 fully saturated rings. The van der Waals surface area contributed by atoms with Gasteiger partial charge in [0.25, 0.3) is 5.91 Å². The van der Waals surface area contributed by atoms with Crippen LogP contribution in [0.5, 0.6) is 5.88 Å². The van der Waals surface area contributed by atoms with E-state index in [2.05, 4.69) is 71.7 Å². The quantitative estimate of drug-likeness (QED) is 0.245. The highest BCUT2D eigenvalue weighted by Crippen LogP contribution is 2.32. The fraction of sp³-hybridized carbons (Fsp3) is 0.333. The molecule has 1 aliphatic rings. The van der Waals surface area contributed by atoms with Crippen molar-refractivity contribution in [1.29, 1.82) is 0 Å². The number of aryl methyl sites for hydroxylation is 2. The Bertz CT molecular complexity index is 1650. The van der Waals surface area contributed by atoms with Crippen LogP contribution in [0.4, 0.5) is 11.6 Å². The van der Waals surface area contributed by atoms with Crippen molar-refractivity contribution in [1.82, 2.24) is 24.8 Å². The number of nitrogens with one attached hydrogen (secondary N) is 2. The predicted octanol–water partition coefficient (Wildman–Crippen LogP) is 6.47. The largest absolute Gasteiger partial charge is 0.475 e. The number of rotatable bonds is 5. The summed E-state index contributed by atoms with van der Waals surface area (Å²) in [5.41, 5.74) is 4.89. The minimum absolute atomic E-state index is 0.129. The van der Waals surface area contributed by atoms with Crippen LogP contribution in [0, 0.1) is 19.3 Å². The van der Waals surface area contributed by atoms with Crippen LogP contribution < -0.4 is 14.8 Å². The van der Waals surface area contributed by atoms with E-state index in [0.717, 1.165) is 27.3 Å². The van der Waals surface area contributed by atoms with Gasteiger partial charge < -0.3 is 15.0 Å². The summed E-state index contributed by atoms with van der Waals surface area (Å²) < 4.78 is 9.67. The Hall–Kier alpha value is -4.51. The highest BCUT2D eigenvalue weighted by atomic mass is 32.2. The van der Waals surface area contributed by atoms with E-state index >= 15 is 0 Å². The van der Waals surface area contributed by atoms with Crippen molar-refractivity contribution in [2.45, 2.75) is 65.4 Å². The molecule has 4 aromatic rings. The maximum atomic E-state index is 14.2. The van der Waals surface area contributed by atoms with Gasteiger partial charge in [-0.25, -0.2) is 15.0 Å². The van der Waals surface area contributed by atoms with Gasteiger partial charge in [0.2, 0.25) is 17.7 Å². The van der Waals surface area contributed by atoms with Crippen molar-refractivity contribution >= 4 is 35.4 Å². The van der Waals surface area contributed by atoms with E-state index in [4.69, 9.17) is 9.72 Å². The molecule has 11 heteroatoms. The topological polar surface area (TPSA) is 122 Å². The highest BCUT2D eigenvalue weighted by molar-refractivity contribution is 8.00. The van der Waals surface area contributed by atoms with Gasteiger partial charge in [-0.1, -0.05) is 45.0 Å². The molecule has 4 bridgehead atoms. The minimum Gasteiger partial charge on any atom is -0.475 e. The molecule has 5 rings (SSSR count). The van der Waals surface area contributed by atoms with E-state index in [1.54, 1.807) is 17.3 Å². The molecule has 2 aromatic carbocycles. The predicted molar refractivity (Wildman–Crippen MR) is 172 cm³/mol. The first-order valence-electron chi connectivity index (χ1n) is 14.5. The van der Waals surface area contributed by atoms with E-state index < -0.39 is 0 Å². The van der Waals surface area contributed by atoms with Gasteiger partial charge in [-0.05, 0) is 67.0 Å². The number of nitrogens with zero attached hydrogens (tertiary/aromatic N) is 5. The molecule has 1 aliphatic heterocycles. The zero-order valence-corrected chi connectivity index (χ0v) is 26.7. The number of carbonyl (C=O) groups is 2. The average molecular weight is 612 g/mol. The van der Waals surface area contributed by atoms with Crippen molar-refractivity contribution in [2.24, 2.45) is 5.41 Å². The number of carbonyl (C=O) groups excluding carboxylic acids is 2. The summed E-state index contributed by atoms with van der Waals surface area (Å²) in [5, 5.41) is 2.68. The van der Waals surface area contributed by atoms with E-state index in [9.17, 15) is 9.59 Å². The monoisotopic (exact) mass is 611 g/mol. The first-order valence-corrected chi connectivity index (χ1v) is 15.3. The summed E-state index contributed by atoms with van der Waals surface area (Å²) >= 11 is 1.33. The third-order valence-corrected chi connectivity index (χ3v) is 7.87.